The molecule has 0 fully saturated rings. The number of methoxy groups -OCH3 is 1. The molecule has 0 aliphatic rings. The van der Waals surface area contributed by atoms with Gasteiger partial charge in [0.05, 0.1) is 13.7 Å². The van der Waals surface area contributed by atoms with Crippen LogP contribution < -0.4 is 4.74 Å². The average molecular weight is 229 g/mol. The first kappa shape index (κ1) is 12.0. The van der Waals surface area contributed by atoms with Crippen molar-refractivity contribution in [2.45, 2.75) is 6.92 Å². The van der Waals surface area contributed by atoms with Crippen LogP contribution in [0.2, 0.25) is 0 Å². The summed E-state index contributed by atoms with van der Waals surface area (Å²) in [4.78, 5) is 15.0. The molecule has 84 valence electrons. The van der Waals surface area contributed by atoms with Crippen LogP contribution in [0.3, 0.4) is 0 Å². The highest BCUT2D eigenvalue weighted by Crippen LogP contribution is 2.29. The Labute approximate surface area is 93.1 Å². The quantitative estimate of drug-likeness (QED) is 0.842. The SMILES string of the molecule is COc1cc(C)sc1C(=O)N(C)CCO. The monoisotopic (exact) mass is 229 g/mol. The normalized spacial score (nSPS) is 10.1. The van der Waals surface area contributed by atoms with Crippen molar-refractivity contribution in [3.05, 3.63) is 15.8 Å². The number of amides is 1. The minimum Gasteiger partial charge on any atom is -0.495 e. The summed E-state index contributed by atoms with van der Waals surface area (Å²) in [6, 6.07) is 1.84. The van der Waals surface area contributed by atoms with Gasteiger partial charge in [0.2, 0.25) is 0 Å². The van der Waals surface area contributed by atoms with Gasteiger partial charge in [0.1, 0.15) is 10.6 Å². The Hall–Kier alpha value is -1.07. The molecule has 0 unspecified atom stereocenters. The molecule has 1 rings (SSSR count). The second-order valence-electron chi connectivity index (χ2n) is 3.20. The lowest BCUT2D eigenvalue weighted by atomic mass is 10.3. The number of aliphatic hydroxyl groups is 1. The van der Waals surface area contributed by atoms with Crippen LogP contribution in [0, 0.1) is 6.92 Å². The van der Waals surface area contributed by atoms with Gasteiger partial charge in [-0.25, -0.2) is 0 Å². The summed E-state index contributed by atoms with van der Waals surface area (Å²) in [6.45, 7) is 2.23. The summed E-state index contributed by atoms with van der Waals surface area (Å²) in [5.41, 5.74) is 0. The third-order valence-electron chi connectivity index (χ3n) is 2.02. The molecule has 15 heavy (non-hydrogen) atoms. The van der Waals surface area contributed by atoms with Gasteiger partial charge in [-0.1, -0.05) is 0 Å². The van der Waals surface area contributed by atoms with Crippen molar-refractivity contribution in [2.75, 3.05) is 27.3 Å². The predicted molar refractivity (Wildman–Crippen MR) is 59.7 cm³/mol. The van der Waals surface area contributed by atoms with Crippen molar-refractivity contribution in [2.24, 2.45) is 0 Å². The van der Waals surface area contributed by atoms with Crippen molar-refractivity contribution in [1.29, 1.82) is 0 Å². The van der Waals surface area contributed by atoms with Crippen LogP contribution in [-0.2, 0) is 0 Å². The van der Waals surface area contributed by atoms with Crippen LogP contribution in [0.15, 0.2) is 6.07 Å². The molecule has 1 heterocycles. The van der Waals surface area contributed by atoms with Crippen LogP contribution in [0.5, 0.6) is 5.75 Å². The molecule has 5 heteroatoms. The Bertz CT molecular complexity index is 348. The van der Waals surface area contributed by atoms with E-state index < -0.39 is 0 Å². The molecule has 1 amide bonds. The molecule has 4 nitrogen and oxygen atoms in total. The molecule has 0 aliphatic carbocycles. The number of hydrogen-bond acceptors (Lipinski definition) is 4. The molecule has 0 atom stereocenters. The third-order valence-corrected chi connectivity index (χ3v) is 3.04. The largest absolute Gasteiger partial charge is 0.495 e. The Morgan fingerprint density at radius 2 is 2.33 bits per heavy atom. The molecule has 1 aromatic rings. The number of aliphatic hydroxyl groups excluding tert-OH is 1. The number of hydrogen-bond donors (Lipinski definition) is 1. The van der Waals surface area contributed by atoms with Gasteiger partial charge in [0.15, 0.2) is 0 Å². The molecule has 0 saturated heterocycles. The van der Waals surface area contributed by atoms with E-state index in [9.17, 15) is 4.79 Å². The van der Waals surface area contributed by atoms with E-state index in [1.807, 2.05) is 13.0 Å². The van der Waals surface area contributed by atoms with Gasteiger partial charge in [0.25, 0.3) is 5.91 Å². The maximum Gasteiger partial charge on any atom is 0.267 e. The highest BCUT2D eigenvalue weighted by molar-refractivity contribution is 7.14. The lowest BCUT2D eigenvalue weighted by molar-refractivity contribution is 0.0768. The van der Waals surface area contributed by atoms with Gasteiger partial charge in [-0.2, -0.15) is 0 Å². The zero-order chi connectivity index (χ0) is 11.4. The van der Waals surface area contributed by atoms with E-state index in [1.54, 1.807) is 14.2 Å². The van der Waals surface area contributed by atoms with Gasteiger partial charge in [-0.15, -0.1) is 11.3 Å². The fourth-order valence-corrected chi connectivity index (χ4v) is 2.19. The Morgan fingerprint density at radius 3 is 2.87 bits per heavy atom. The molecule has 0 aromatic carbocycles. The zero-order valence-electron chi connectivity index (χ0n) is 9.11. The van der Waals surface area contributed by atoms with Crippen molar-refractivity contribution in [3.63, 3.8) is 0 Å². The van der Waals surface area contributed by atoms with Gasteiger partial charge in [-0.3, -0.25) is 4.79 Å². The van der Waals surface area contributed by atoms with Crippen LogP contribution >= 0.6 is 11.3 Å². The fraction of sp³-hybridized carbons (Fsp3) is 0.500. The van der Waals surface area contributed by atoms with Gasteiger partial charge in [-0.05, 0) is 13.0 Å². The number of ether oxygens (including phenoxy) is 1. The molecule has 0 saturated carbocycles. The minimum absolute atomic E-state index is 0.0328. The summed E-state index contributed by atoms with van der Waals surface area (Å²) >= 11 is 1.40. The fourth-order valence-electron chi connectivity index (χ4n) is 1.22. The molecular formula is C10H15NO3S. The second kappa shape index (κ2) is 5.14. The highest BCUT2D eigenvalue weighted by atomic mass is 32.1. The van der Waals surface area contributed by atoms with E-state index in [2.05, 4.69) is 0 Å². The Balaban J connectivity index is 2.89. The minimum atomic E-state index is -0.112. The van der Waals surface area contributed by atoms with Gasteiger partial charge < -0.3 is 14.7 Å². The summed E-state index contributed by atoms with van der Waals surface area (Å²) < 4.78 is 5.12. The Kier molecular flexibility index (Phi) is 4.11. The summed E-state index contributed by atoms with van der Waals surface area (Å²) in [7, 11) is 3.21. The van der Waals surface area contributed by atoms with Gasteiger partial charge in [0, 0.05) is 18.5 Å². The zero-order valence-corrected chi connectivity index (χ0v) is 9.93. The first-order valence-corrected chi connectivity index (χ1v) is 5.42. The molecule has 0 radical (unpaired) electrons. The van der Waals surface area contributed by atoms with Crippen LogP contribution in [0.4, 0.5) is 0 Å². The standard InChI is InChI=1S/C10H15NO3S/c1-7-6-8(14-3)9(15-7)10(13)11(2)4-5-12/h6,12H,4-5H2,1-3H3. The molecule has 1 aromatic heterocycles. The van der Waals surface area contributed by atoms with Crippen LogP contribution in [-0.4, -0.2) is 43.2 Å². The van der Waals surface area contributed by atoms with Crippen LogP contribution in [0.25, 0.3) is 0 Å². The maximum atomic E-state index is 11.9. The smallest absolute Gasteiger partial charge is 0.267 e. The number of rotatable bonds is 4. The second-order valence-corrected chi connectivity index (χ2v) is 4.46. The number of thiophene rings is 1. The van der Waals surface area contributed by atoms with E-state index in [1.165, 1.54) is 16.2 Å². The number of carbonyl (C=O) groups excluding carboxylic acids is 1. The predicted octanol–water partition coefficient (Wildman–Crippen LogP) is 1.13. The van der Waals surface area contributed by atoms with E-state index in [0.29, 0.717) is 17.2 Å². The van der Waals surface area contributed by atoms with E-state index in [0.717, 1.165) is 4.88 Å². The Morgan fingerprint density at radius 1 is 1.67 bits per heavy atom. The average Bonchev–Trinajstić information content (AvgIpc) is 2.58. The van der Waals surface area contributed by atoms with Crippen LogP contribution in [0.1, 0.15) is 14.5 Å². The number of carbonyl (C=O) groups is 1. The highest BCUT2D eigenvalue weighted by Gasteiger charge is 2.18. The lowest BCUT2D eigenvalue weighted by Crippen LogP contribution is -2.29. The first-order valence-electron chi connectivity index (χ1n) is 4.61. The van der Waals surface area contributed by atoms with E-state index in [-0.39, 0.29) is 12.5 Å². The molecule has 0 bridgehead atoms. The van der Waals surface area contributed by atoms with Crippen molar-refractivity contribution in [1.82, 2.24) is 4.90 Å². The summed E-state index contributed by atoms with van der Waals surface area (Å²) in [6.07, 6.45) is 0. The molecular weight excluding hydrogens is 214 g/mol. The maximum absolute atomic E-state index is 11.9. The molecule has 0 spiro atoms. The van der Waals surface area contributed by atoms with Gasteiger partial charge >= 0.3 is 0 Å². The van der Waals surface area contributed by atoms with Crippen molar-refractivity contribution < 1.29 is 14.6 Å². The number of likely N-dealkylation sites (N-methyl/N-ethyl adjacent to an activating group) is 1. The lowest BCUT2D eigenvalue weighted by Gasteiger charge is -2.14. The molecule has 0 aliphatic heterocycles. The summed E-state index contributed by atoms with van der Waals surface area (Å²) in [5, 5.41) is 8.74. The third kappa shape index (κ3) is 2.70. The van der Waals surface area contributed by atoms with E-state index >= 15 is 0 Å². The van der Waals surface area contributed by atoms with Crippen molar-refractivity contribution >= 4 is 17.2 Å². The van der Waals surface area contributed by atoms with E-state index in [4.69, 9.17) is 9.84 Å². The van der Waals surface area contributed by atoms with Crippen molar-refractivity contribution in [3.8, 4) is 5.75 Å². The summed E-state index contributed by atoms with van der Waals surface area (Å²) in [5.74, 6) is 0.492. The topological polar surface area (TPSA) is 49.8 Å². The number of nitrogens with zero attached hydrogens (tertiary/aromatic N) is 1. The number of aryl methyl sites for hydroxylation is 1. The first-order chi connectivity index (χ1) is 7.10. The molecule has 1 N–H and O–H groups in total.